The van der Waals surface area contributed by atoms with Crippen LogP contribution in [0, 0.1) is 5.82 Å². The number of fused-ring (bicyclic) bond motifs is 1. The van der Waals surface area contributed by atoms with Crippen molar-refractivity contribution in [3.63, 3.8) is 0 Å². The molecule has 1 atom stereocenters. The fourth-order valence-corrected chi connectivity index (χ4v) is 3.58. The molecule has 2 aromatic rings. The number of thiazole rings is 1. The summed E-state index contributed by atoms with van der Waals surface area (Å²) in [4.78, 5) is 5.61. The summed E-state index contributed by atoms with van der Waals surface area (Å²) in [6, 6.07) is 5.03. The molecule has 0 spiro atoms. The molecule has 0 bridgehead atoms. The maximum atomic E-state index is 14.0. The van der Waals surface area contributed by atoms with Crippen LogP contribution in [0.3, 0.4) is 0 Å². The molecular weight excluding hydrogens is 271 g/mol. The van der Waals surface area contributed by atoms with E-state index in [1.165, 1.54) is 11.3 Å². The summed E-state index contributed by atoms with van der Waals surface area (Å²) in [5.41, 5.74) is 7.54. The summed E-state index contributed by atoms with van der Waals surface area (Å²) < 4.78 is 14.0. The molecule has 94 valence electrons. The van der Waals surface area contributed by atoms with Crippen molar-refractivity contribution in [1.29, 1.82) is 0 Å². The topological polar surface area (TPSA) is 38.9 Å². The van der Waals surface area contributed by atoms with E-state index in [2.05, 4.69) is 4.98 Å². The number of aromatic nitrogens is 1. The van der Waals surface area contributed by atoms with E-state index in [-0.39, 0.29) is 11.1 Å². The zero-order valence-electron chi connectivity index (χ0n) is 9.62. The number of aryl methyl sites for hydroxylation is 1. The third-order valence-corrected chi connectivity index (χ3v) is 4.73. The molecule has 0 saturated carbocycles. The van der Waals surface area contributed by atoms with Crippen molar-refractivity contribution >= 4 is 22.9 Å². The predicted molar refractivity (Wildman–Crippen MR) is 72.4 cm³/mol. The van der Waals surface area contributed by atoms with Gasteiger partial charge in [0.25, 0.3) is 0 Å². The summed E-state index contributed by atoms with van der Waals surface area (Å²) in [7, 11) is 0. The van der Waals surface area contributed by atoms with Gasteiger partial charge in [0.1, 0.15) is 5.01 Å². The highest BCUT2D eigenvalue weighted by Crippen LogP contribution is 2.38. The van der Waals surface area contributed by atoms with Crippen molar-refractivity contribution < 1.29 is 4.39 Å². The van der Waals surface area contributed by atoms with Crippen molar-refractivity contribution in [2.45, 2.75) is 25.3 Å². The molecule has 5 heteroatoms. The van der Waals surface area contributed by atoms with Crippen LogP contribution in [0.1, 0.15) is 29.5 Å². The normalized spacial score (nSPS) is 18.7. The van der Waals surface area contributed by atoms with Gasteiger partial charge in [-0.3, -0.25) is 0 Å². The van der Waals surface area contributed by atoms with Gasteiger partial charge in [0.2, 0.25) is 0 Å². The first kappa shape index (κ1) is 12.1. The molecule has 0 aliphatic heterocycles. The summed E-state index contributed by atoms with van der Waals surface area (Å²) >= 11 is 7.28. The molecule has 0 radical (unpaired) electrons. The molecule has 1 heterocycles. The van der Waals surface area contributed by atoms with E-state index >= 15 is 0 Å². The maximum Gasteiger partial charge on any atom is 0.152 e. The minimum Gasteiger partial charge on any atom is -0.323 e. The molecule has 18 heavy (non-hydrogen) atoms. The zero-order valence-corrected chi connectivity index (χ0v) is 11.2. The summed E-state index contributed by atoms with van der Waals surface area (Å²) in [5, 5.41) is 0.808. The van der Waals surface area contributed by atoms with Crippen LogP contribution in [0.15, 0.2) is 18.2 Å². The summed E-state index contributed by atoms with van der Waals surface area (Å²) in [6.45, 7) is 0. The van der Waals surface area contributed by atoms with Gasteiger partial charge < -0.3 is 5.73 Å². The van der Waals surface area contributed by atoms with E-state index < -0.39 is 5.82 Å². The zero-order chi connectivity index (χ0) is 12.7. The van der Waals surface area contributed by atoms with Gasteiger partial charge in [-0.1, -0.05) is 17.7 Å². The Morgan fingerprint density at radius 3 is 3.06 bits per heavy atom. The minimum absolute atomic E-state index is 0.0437. The quantitative estimate of drug-likeness (QED) is 0.860. The number of benzene rings is 1. The van der Waals surface area contributed by atoms with E-state index in [9.17, 15) is 4.39 Å². The van der Waals surface area contributed by atoms with Gasteiger partial charge in [-0.2, -0.15) is 0 Å². The largest absolute Gasteiger partial charge is 0.323 e. The fraction of sp³-hybridized carbons (Fsp3) is 0.308. The van der Waals surface area contributed by atoms with E-state index in [0.717, 1.165) is 29.8 Å². The molecule has 0 amide bonds. The molecule has 1 aliphatic carbocycles. The van der Waals surface area contributed by atoms with Crippen LogP contribution >= 0.6 is 22.9 Å². The van der Waals surface area contributed by atoms with Crippen LogP contribution in [0.25, 0.3) is 10.6 Å². The average molecular weight is 283 g/mol. The smallest absolute Gasteiger partial charge is 0.152 e. The highest BCUT2D eigenvalue weighted by Gasteiger charge is 2.23. The van der Waals surface area contributed by atoms with Gasteiger partial charge in [-0.05, 0) is 31.4 Å². The lowest BCUT2D eigenvalue weighted by Crippen LogP contribution is -2.15. The van der Waals surface area contributed by atoms with Gasteiger partial charge >= 0.3 is 0 Å². The van der Waals surface area contributed by atoms with Crippen LogP contribution in [0.2, 0.25) is 5.02 Å². The molecule has 2 nitrogen and oxygen atoms in total. The van der Waals surface area contributed by atoms with Crippen molar-refractivity contribution in [3.05, 3.63) is 39.6 Å². The lowest BCUT2D eigenvalue weighted by molar-refractivity contribution is 0.573. The highest BCUT2D eigenvalue weighted by atomic mass is 35.5. The van der Waals surface area contributed by atoms with Gasteiger partial charge in [0, 0.05) is 16.5 Å². The molecule has 1 aromatic carbocycles. The van der Waals surface area contributed by atoms with Crippen molar-refractivity contribution in [2.75, 3.05) is 0 Å². The second-order valence-corrected chi connectivity index (χ2v) is 5.87. The number of rotatable bonds is 1. The SMILES string of the molecule is NC1CCCc2nc(-c3cccc(Cl)c3F)sc21. The first-order valence-electron chi connectivity index (χ1n) is 5.86. The molecular formula is C13H12ClFN2S. The van der Waals surface area contributed by atoms with E-state index in [0.29, 0.717) is 10.6 Å². The summed E-state index contributed by atoms with van der Waals surface area (Å²) in [6.07, 6.45) is 2.96. The van der Waals surface area contributed by atoms with E-state index in [1.54, 1.807) is 18.2 Å². The Bertz CT molecular complexity index is 597. The number of hydrogen-bond acceptors (Lipinski definition) is 3. The minimum atomic E-state index is -0.404. The molecule has 0 saturated heterocycles. The third-order valence-electron chi connectivity index (χ3n) is 3.18. The molecule has 1 aromatic heterocycles. The number of halogens is 2. The van der Waals surface area contributed by atoms with Gasteiger partial charge in [0.05, 0.1) is 10.7 Å². The van der Waals surface area contributed by atoms with Crippen LogP contribution in [-0.2, 0) is 6.42 Å². The van der Waals surface area contributed by atoms with Crippen LogP contribution in [0.4, 0.5) is 4.39 Å². The van der Waals surface area contributed by atoms with Gasteiger partial charge in [-0.25, -0.2) is 9.37 Å². The number of nitrogens with two attached hydrogens (primary N) is 1. The third kappa shape index (κ3) is 1.94. The molecule has 2 N–H and O–H groups in total. The van der Waals surface area contributed by atoms with Crippen molar-refractivity contribution in [1.82, 2.24) is 4.98 Å². The summed E-state index contributed by atoms with van der Waals surface area (Å²) in [5.74, 6) is -0.404. The van der Waals surface area contributed by atoms with Crippen LogP contribution in [0.5, 0.6) is 0 Å². The Morgan fingerprint density at radius 2 is 2.28 bits per heavy atom. The van der Waals surface area contributed by atoms with Crippen LogP contribution < -0.4 is 5.73 Å². The number of hydrogen-bond donors (Lipinski definition) is 1. The molecule has 1 aliphatic rings. The lowest BCUT2D eigenvalue weighted by Gasteiger charge is -2.15. The second-order valence-electron chi connectivity index (χ2n) is 4.43. The molecule has 0 fully saturated rings. The molecule has 3 rings (SSSR count). The highest BCUT2D eigenvalue weighted by molar-refractivity contribution is 7.15. The fourth-order valence-electron chi connectivity index (χ4n) is 2.24. The Hall–Kier alpha value is -0.970. The Labute approximate surface area is 114 Å². The Kier molecular flexibility index (Phi) is 3.09. The first-order chi connectivity index (χ1) is 8.66. The van der Waals surface area contributed by atoms with Gasteiger partial charge in [-0.15, -0.1) is 11.3 Å². The van der Waals surface area contributed by atoms with Gasteiger partial charge in [0.15, 0.2) is 5.82 Å². The Morgan fingerprint density at radius 1 is 1.44 bits per heavy atom. The maximum absolute atomic E-state index is 14.0. The predicted octanol–water partition coefficient (Wildman–Crippen LogP) is 3.94. The van der Waals surface area contributed by atoms with E-state index in [4.69, 9.17) is 17.3 Å². The number of nitrogens with zero attached hydrogens (tertiary/aromatic N) is 1. The average Bonchev–Trinajstić information content (AvgIpc) is 2.78. The van der Waals surface area contributed by atoms with Crippen molar-refractivity contribution in [3.8, 4) is 10.6 Å². The second kappa shape index (κ2) is 4.61. The van der Waals surface area contributed by atoms with Crippen molar-refractivity contribution in [2.24, 2.45) is 5.73 Å². The Balaban J connectivity index is 2.10. The lowest BCUT2D eigenvalue weighted by atomic mass is 9.99. The van der Waals surface area contributed by atoms with Crippen LogP contribution in [-0.4, -0.2) is 4.98 Å². The monoisotopic (exact) mass is 282 g/mol. The van der Waals surface area contributed by atoms with E-state index in [1.807, 2.05) is 0 Å². The first-order valence-corrected chi connectivity index (χ1v) is 7.06. The standard InChI is InChI=1S/C13H12ClFN2S/c14-8-4-1-3-7(11(8)15)13-17-10-6-2-5-9(16)12(10)18-13/h1,3-4,9H,2,5-6,16H2. The molecule has 1 unspecified atom stereocenters.